The number of carbonyl (C=O) groups excluding carboxylic acids is 1. The van der Waals surface area contributed by atoms with Crippen molar-refractivity contribution in [3.8, 4) is 0 Å². The first kappa shape index (κ1) is 11.9. The highest BCUT2D eigenvalue weighted by molar-refractivity contribution is 5.78. The highest BCUT2D eigenvalue weighted by Gasteiger charge is 2.01. The molecule has 2 nitrogen and oxygen atoms in total. The first-order valence-corrected chi connectivity index (χ1v) is 5.37. The summed E-state index contributed by atoms with van der Waals surface area (Å²) in [5, 5.41) is 0. The first-order valence-electron chi connectivity index (χ1n) is 5.37. The monoisotopic (exact) mass is 206 g/mol. The Bertz CT molecular complexity index is 280. The zero-order valence-electron chi connectivity index (χ0n) is 9.24. The third-order valence-corrected chi connectivity index (χ3v) is 2.34. The highest BCUT2D eigenvalue weighted by atomic mass is 16.5. The second-order valence-electron chi connectivity index (χ2n) is 3.62. The van der Waals surface area contributed by atoms with E-state index in [1.807, 2.05) is 18.2 Å². The van der Waals surface area contributed by atoms with E-state index in [2.05, 4.69) is 12.1 Å². The van der Waals surface area contributed by atoms with Crippen LogP contribution in [0.4, 0.5) is 0 Å². The summed E-state index contributed by atoms with van der Waals surface area (Å²) < 4.78 is 4.90. The molecule has 0 aromatic heterocycles. The molecular formula is C13H18O2. The molecule has 0 aliphatic heterocycles. The lowest BCUT2D eigenvalue weighted by Gasteiger charge is -2.01. The molecule has 1 aromatic carbocycles. The van der Waals surface area contributed by atoms with E-state index in [4.69, 9.17) is 4.74 Å². The predicted molar refractivity (Wildman–Crippen MR) is 60.9 cm³/mol. The SMILES string of the molecule is COCCCC(=O)CCc1ccccc1. The number of methoxy groups -OCH3 is 1. The number of carbonyl (C=O) groups is 1. The van der Waals surface area contributed by atoms with Gasteiger partial charge in [-0.3, -0.25) is 4.79 Å². The zero-order chi connectivity index (χ0) is 10.9. The quantitative estimate of drug-likeness (QED) is 0.641. The average Bonchev–Trinajstić information content (AvgIpc) is 2.28. The largest absolute Gasteiger partial charge is 0.385 e. The zero-order valence-corrected chi connectivity index (χ0v) is 9.24. The van der Waals surface area contributed by atoms with Crippen LogP contribution in [0.5, 0.6) is 0 Å². The highest BCUT2D eigenvalue weighted by Crippen LogP contribution is 2.05. The Hall–Kier alpha value is -1.15. The van der Waals surface area contributed by atoms with Crippen LogP contribution in [0.25, 0.3) is 0 Å². The number of ether oxygens (including phenoxy) is 1. The summed E-state index contributed by atoms with van der Waals surface area (Å²) in [4.78, 5) is 11.4. The molecule has 0 N–H and O–H groups in total. The van der Waals surface area contributed by atoms with Gasteiger partial charge in [-0.25, -0.2) is 0 Å². The van der Waals surface area contributed by atoms with Gasteiger partial charge in [0.05, 0.1) is 0 Å². The van der Waals surface area contributed by atoms with Gasteiger partial charge in [-0.05, 0) is 18.4 Å². The van der Waals surface area contributed by atoms with Crippen molar-refractivity contribution in [1.82, 2.24) is 0 Å². The number of aryl methyl sites for hydroxylation is 1. The van der Waals surface area contributed by atoms with Crippen molar-refractivity contribution in [2.24, 2.45) is 0 Å². The van der Waals surface area contributed by atoms with E-state index in [1.165, 1.54) is 5.56 Å². The maximum Gasteiger partial charge on any atom is 0.133 e. The van der Waals surface area contributed by atoms with Crippen LogP contribution < -0.4 is 0 Å². The molecule has 2 heteroatoms. The second-order valence-corrected chi connectivity index (χ2v) is 3.62. The van der Waals surface area contributed by atoms with Crippen LogP contribution in [-0.4, -0.2) is 19.5 Å². The minimum atomic E-state index is 0.330. The first-order chi connectivity index (χ1) is 7.33. The van der Waals surface area contributed by atoms with Crippen molar-refractivity contribution in [3.05, 3.63) is 35.9 Å². The molecule has 82 valence electrons. The van der Waals surface area contributed by atoms with Crippen molar-refractivity contribution in [2.75, 3.05) is 13.7 Å². The van der Waals surface area contributed by atoms with Crippen LogP contribution in [0, 0.1) is 0 Å². The smallest absolute Gasteiger partial charge is 0.133 e. The third-order valence-electron chi connectivity index (χ3n) is 2.34. The molecule has 0 unspecified atom stereocenters. The molecule has 0 radical (unpaired) electrons. The molecule has 0 spiro atoms. The molecule has 0 bridgehead atoms. The van der Waals surface area contributed by atoms with Crippen molar-refractivity contribution in [2.45, 2.75) is 25.7 Å². The third kappa shape index (κ3) is 5.33. The Kier molecular flexibility index (Phi) is 5.71. The summed E-state index contributed by atoms with van der Waals surface area (Å²) in [6.07, 6.45) is 2.98. The minimum absolute atomic E-state index is 0.330. The molecule has 0 saturated heterocycles. The molecule has 0 aliphatic rings. The molecule has 0 heterocycles. The lowest BCUT2D eigenvalue weighted by atomic mass is 10.1. The van der Waals surface area contributed by atoms with E-state index in [0.717, 1.165) is 12.8 Å². The van der Waals surface area contributed by atoms with E-state index in [0.29, 0.717) is 25.2 Å². The van der Waals surface area contributed by atoms with Gasteiger partial charge in [0.1, 0.15) is 5.78 Å². The van der Waals surface area contributed by atoms with Gasteiger partial charge in [-0.2, -0.15) is 0 Å². The van der Waals surface area contributed by atoms with Crippen LogP contribution >= 0.6 is 0 Å². The van der Waals surface area contributed by atoms with E-state index in [1.54, 1.807) is 7.11 Å². The molecule has 0 fully saturated rings. The molecule has 0 amide bonds. The van der Waals surface area contributed by atoms with Crippen LogP contribution in [0.2, 0.25) is 0 Å². The summed E-state index contributed by atoms with van der Waals surface area (Å²) >= 11 is 0. The predicted octanol–water partition coefficient (Wildman–Crippen LogP) is 2.61. The summed E-state index contributed by atoms with van der Waals surface area (Å²) in [6.45, 7) is 0.678. The number of ketones is 1. The molecular weight excluding hydrogens is 188 g/mol. The minimum Gasteiger partial charge on any atom is -0.385 e. The van der Waals surface area contributed by atoms with E-state index in [-0.39, 0.29) is 0 Å². The Morgan fingerprint density at radius 1 is 1.20 bits per heavy atom. The van der Waals surface area contributed by atoms with Crippen molar-refractivity contribution in [3.63, 3.8) is 0 Å². The van der Waals surface area contributed by atoms with Crippen molar-refractivity contribution < 1.29 is 9.53 Å². The Morgan fingerprint density at radius 3 is 2.60 bits per heavy atom. The maximum absolute atomic E-state index is 11.4. The Balaban J connectivity index is 2.17. The van der Waals surface area contributed by atoms with Gasteiger partial charge in [0, 0.05) is 26.6 Å². The van der Waals surface area contributed by atoms with Gasteiger partial charge in [0.2, 0.25) is 0 Å². The van der Waals surface area contributed by atoms with Gasteiger partial charge < -0.3 is 4.74 Å². The van der Waals surface area contributed by atoms with Crippen LogP contribution in [-0.2, 0) is 16.0 Å². The summed E-state index contributed by atoms with van der Waals surface area (Å²) in [6, 6.07) is 10.1. The number of rotatable bonds is 7. The normalized spacial score (nSPS) is 10.2. The van der Waals surface area contributed by atoms with E-state index >= 15 is 0 Å². The topological polar surface area (TPSA) is 26.3 Å². The van der Waals surface area contributed by atoms with Gasteiger partial charge in [0.25, 0.3) is 0 Å². The van der Waals surface area contributed by atoms with Crippen molar-refractivity contribution in [1.29, 1.82) is 0 Å². The molecule has 15 heavy (non-hydrogen) atoms. The maximum atomic E-state index is 11.4. The molecule has 1 rings (SSSR count). The number of Topliss-reactive ketones (excluding diaryl/α,β-unsaturated/α-hetero) is 1. The molecule has 0 saturated carbocycles. The second kappa shape index (κ2) is 7.18. The summed E-state index contributed by atoms with van der Waals surface area (Å²) in [5.74, 6) is 0.330. The van der Waals surface area contributed by atoms with E-state index in [9.17, 15) is 4.79 Å². The summed E-state index contributed by atoms with van der Waals surface area (Å²) in [7, 11) is 1.66. The van der Waals surface area contributed by atoms with Crippen LogP contribution in [0.3, 0.4) is 0 Å². The fourth-order valence-electron chi connectivity index (χ4n) is 1.47. The fraction of sp³-hybridized carbons (Fsp3) is 0.462. The van der Waals surface area contributed by atoms with Gasteiger partial charge >= 0.3 is 0 Å². The van der Waals surface area contributed by atoms with Crippen molar-refractivity contribution >= 4 is 5.78 Å². The summed E-state index contributed by atoms with van der Waals surface area (Å²) in [5.41, 5.74) is 1.23. The molecule has 0 atom stereocenters. The standard InChI is InChI=1S/C13H18O2/c1-15-11-5-8-13(14)10-9-12-6-3-2-4-7-12/h2-4,6-7H,5,8-11H2,1H3. The van der Waals surface area contributed by atoms with Gasteiger partial charge in [-0.1, -0.05) is 30.3 Å². The van der Waals surface area contributed by atoms with E-state index < -0.39 is 0 Å². The number of hydrogen-bond acceptors (Lipinski definition) is 2. The average molecular weight is 206 g/mol. The van der Waals surface area contributed by atoms with Crippen LogP contribution in [0.15, 0.2) is 30.3 Å². The lowest BCUT2D eigenvalue weighted by Crippen LogP contribution is -2.02. The van der Waals surface area contributed by atoms with Gasteiger partial charge in [-0.15, -0.1) is 0 Å². The molecule has 1 aromatic rings. The van der Waals surface area contributed by atoms with Gasteiger partial charge in [0.15, 0.2) is 0 Å². The molecule has 0 aliphatic carbocycles. The number of benzene rings is 1. The Morgan fingerprint density at radius 2 is 1.93 bits per heavy atom. The Labute approximate surface area is 91.3 Å². The van der Waals surface area contributed by atoms with Crippen LogP contribution in [0.1, 0.15) is 24.8 Å². The lowest BCUT2D eigenvalue weighted by molar-refractivity contribution is -0.119. The number of hydrogen-bond donors (Lipinski definition) is 0. The fourth-order valence-corrected chi connectivity index (χ4v) is 1.47.